The van der Waals surface area contributed by atoms with Gasteiger partial charge in [-0.15, -0.1) is 0 Å². The van der Waals surface area contributed by atoms with Crippen LogP contribution >= 0.6 is 0 Å². The molecule has 1 aromatic carbocycles. The van der Waals surface area contributed by atoms with Crippen LogP contribution < -0.4 is 9.47 Å². The van der Waals surface area contributed by atoms with E-state index in [2.05, 4.69) is 6.92 Å². The number of rotatable bonds is 12. The van der Waals surface area contributed by atoms with Crippen molar-refractivity contribution in [3.05, 3.63) is 24.3 Å². The summed E-state index contributed by atoms with van der Waals surface area (Å²) >= 11 is 0. The molecule has 4 heteroatoms. The Kier molecular flexibility index (Phi) is 10.6. The fourth-order valence-electron chi connectivity index (χ4n) is 2.42. The monoisotopic (exact) mass is 348 g/mol. The van der Waals surface area contributed by atoms with Gasteiger partial charge in [0.1, 0.15) is 0 Å². The molecule has 0 aliphatic heterocycles. The Labute approximate surface area is 151 Å². The minimum Gasteiger partial charge on any atom is -0.423 e. The van der Waals surface area contributed by atoms with Gasteiger partial charge in [0.15, 0.2) is 11.5 Å². The fraction of sp³-hybridized carbons (Fsp3) is 0.619. The van der Waals surface area contributed by atoms with Crippen LogP contribution in [-0.4, -0.2) is 11.9 Å². The first-order valence-electron chi connectivity index (χ1n) is 9.56. The number of carbonyl (C=O) groups excluding carboxylic acids is 2. The second-order valence-corrected chi connectivity index (χ2v) is 6.72. The van der Waals surface area contributed by atoms with Gasteiger partial charge in [-0.25, -0.2) is 0 Å². The van der Waals surface area contributed by atoms with Crippen LogP contribution in [0.15, 0.2) is 24.3 Å². The van der Waals surface area contributed by atoms with Gasteiger partial charge in [-0.3, -0.25) is 9.59 Å². The predicted molar refractivity (Wildman–Crippen MR) is 99.8 cm³/mol. The zero-order chi connectivity index (χ0) is 18.5. The van der Waals surface area contributed by atoms with Crippen LogP contribution in [0.5, 0.6) is 11.5 Å². The molecule has 140 valence electrons. The van der Waals surface area contributed by atoms with Crippen molar-refractivity contribution in [1.29, 1.82) is 0 Å². The molecule has 0 N–H and O–H groups in total. The van der Waals surface area contributed by atoms with E-state index in [1.54, 1.807) is 38.1 Å². The predicted octanol–water partition coefficient (Wildman–Crippen LogP) is 5.68. The smallest absolute Gasteiger partial charge is 0.313 e. The summed E-state index contributed by atoms with van der Waals surface area (Å²) in [5, 5.41) is 0. The normalized spacial score (nSPS) is 10.7. The van der Waals surface area contributed by atoms with Crippen molar-refractivity contribution in [2.45, 2.75) is 78.6 Å². The molecule has 0 aliphatic rings. The summed E-state index contributed by atoms with van der Waals surface area (Å²) in [5.74, 6) is -0.252. The summed E-state index contributed by atoms with van der Waals surface area (Å²) in [6, 6.07) is 6.79. The number of carbonyl (C=O) groups is 2. The highest BCUT2D eigenvalue weighted by molar-refractivity contribution is 5.77. The number of benzene rings is 1. The molecule has 0 unspecified atom stereocenters. The van der Waals surface area contributed by atoms with Crippen LogP contribution in [0, 0.1) is 5.92 Å². The van der Waals surface area contributed by atoms with Crippen LogP contribution in [0.25, 0.3) is 0 Å². The number of hydrogen-bond acceptors (Lipinski definition) is 4. The van der Waals surface area contributed by atoms with Crippen molar-refractivity contribution in [2.24, 2.45) is 5.92 Å². The van der Waals surface area contributed by atoms with Crippen molar-refractivity contribution in [2.75, 3.05) is 0 Å². The van der Waals surface area contributed by atoms with E-state index < -0.39 is 0 Å². The van der Waals surface area contributed by atoms with Gasteiger partial charge in [0.05, 0.1) is 5.92 Å². The van der Waals surface area contributed by atoms with E-state index in [1.807, 2.05) is 0 Å². The Hall–Kier alpha value is -1.84. The third kappa shape index (κ3) is 9.28. The molecule has 0 saturated heterocycles. The Morgan fingerprint density at radius 1 is 0.840 bits per heavy atom. The molecule has 0 spiro atoms. The van der Waals surface area contributed by atoms with Crippen molar-refractivity contribution >= 4 is 11.9 Å². The third-order valence-corrected chi connectivity index (χ3v) is 3.99. The van der Waals surface area contributed by atoms with Gasteiger partial charge < -0.3 is 9.47 Å². The van der Waals surface area contributed by atoms with Crippen LogP contribution in [-0.2, 0) is 9.59 Å². The maximum Gasteiger partial charge on any atom is 0.313 e. The van der Waals surface area contributed by atoms with E-state index >= 15 is 0 Å². The van der Waals surface area contributed by atoms with E-state index in [0.29, 0.717) is 17.9 Å². The highest BCUT2D eigenvalue weighted by atomic mass is 16.6. The Morgan fingerprint density at radius 3 is 1.92 bits per heavy atom. The molecule has 0 amide bonds. The minimum absolute atomic E-state index is 0.235. The highest BCUT2D eigenvalue weighted by Gasteiger charge is 2.15. The van der Waals surface area contributed by atoms with Crippen LogP contribution in [0.1, 0.15) is 78.6 Å². The van der Waals surface area contributed by atoms with E-state index in [9.17, 15) is 9.59 Å². The molecule has 0 aliphatic carbocycles. The lowest BCUT2D eigenvalue weighted by Gasteiger charge is -2.11. The Bertz CT molecular complexity index is 522. The second kappa shape index (κ2) is 12.5. The van der Waals surface area contributed by atoms with Gasteiger partial charge in [-0.05, 0) is 18.6 Å². The van der Waals surface area contributed by atoms with E-state index in [1.165, 1.54) is 38.5 Å². The second-order valence-electron chi connectivity index (χ2n) is 6.72. The molecule has 1 rings (SSSR count). The van der Waals surface area contributed by atoms with Gasteiger partial charge in [-0.2, -0.15) is 0 Å². The molecule has 0 saturated carbocycles. The number of ether oxygens (including phenoxy) is 2. The lowest BCUT2D eigenvalue weighted by Crippen LogP contribution is -2.16. The van der Waals surface area contributed by atoms with Gasteiger partial charge in [0, 0.05) is 6.42 Å². The summed E-state index contributed by atoms with van der Waals surface area (Å²) in [5.41, 5.74) is 0. The zero-order valence-electron chi connectivity index (χ0n) is 15.9. The molecule has 0 bridgehead atoms. The standard InChI is InChI=1S/C21H32O4/c1-4-5-6-7-8-9-10-11-16-20(22)24-18-14-12-13-15-19(18)25-21(23)17(2)3/h12-15,17H,4-11,16H2,1-3H3. The number of esters is 2. The van der Waals surface area contributed by atoms with E-state index in [-0.39, 0.29) is 17.9 Å². The summed E-state index contributed by atoms with van der Waals surface area (Å²) in [6.07, 6.45) is 9.85. The number of hydrogen-bond donors (Lipinski definition) is 0. The molecule has 4 nitrogen and oxygen atoms in total. The molecule has 0 aromatic heterocycles. The molecule has 0 radical (unpaired) electrons. The van der Waals surface area contributed by atoms with Gasteiger partial charge in [0.2, 0.25) is 0 Å². The van der Waals surface area contributed by atoms with Gasteiger partial charge in [-0.1, -0.05) is 77.8 Å². The Balaban J connectivity index is 2.31. The molecule has 0 fully saturated rings. The van der Waals surface area contributed by atoms with E-state index in [0.717, 1.165) is 12.8 Å². The quantitative estimate of drug-likeness (QED) is 0.277. The molecule has 0 atom stereocenters. The van der Waals surface area contributed by atoms with Crippen molar-refractivity contribution < 1.29 is 19.1 Å². The summed E-state index contributed by atoms with van der Waals surface area (Å²) in [4.78, 5) is 23.7. The van der Waals surface area contributed by atoms with E-state index in [4.69, 9.17) is 9.47 Å². The lowest BCUT2D eigenvalue weighted by molar-refractivity contribution is -0.139. The molecular formula is C21H32O4. The SMILES string of the molecule is CCCCCCCCCCC(=O)Oc1ccccc1OC(=O)C(C)C. The molecular weight excluding hydrogens is 316 g/mol. The maximum atomic E-state index is 12.0. The van der Waals surface area contributed by atoms with Crippen LogP contribution in [0.4, 0.5) is 0 Å². The topological polar surface area (TPSA) is 52.6 Å². The molecule has 25 heavy (non-hydrogen) atoms. The van der Waals surface area contributed by atoms with Gasteiger partial charge in [0.25, 0.3) is 0 Å². The highest BCUT2D eigenvalue weighted by Crippen LogP contribution is 2.27. The molecule has 1 aromatic rings. The van der Waals surface area contributed by atoms with Crippen molar-refractivity contribution in [3.8, 4) is 11.5 Å². The third-order valence-electron chi connectivity index (χ3n) is 3.99. The summed E-state index contributed by atoms with van der Waals surface area (Å²) in [6.45, 7) is 5.74. The first-order chi connectivity index (χ1) is 12.0. The largest absolute Gasteiger partial charge is 0.423 e. The first-order valence-corrected chi connectivity index (χ1v) is 9.56. The average molecular weight is 348 g/mol. The summed E-state index contributed by atoms with van der Waals surface area (Å²) in [7, 11) is 0. The van der Waals surface area contributed by atoms with Crippen molar-refractivity contribution in [3.63, 3.8) is 0 Å². The van der Waals surface area contributed by atoms with Crippen molar-refractivity contribution in [1.82, 2.24) is 0 Å². The van der Waals surface area contributed by atoms with Crippen LogP contribution in [0.3, 0.4) is 0 Å². The lowest BCUT2D eigenvalue weighted by atomic mass is 10.1. The maximum absolute atomic E-state index is 12.0. The first kappa shape index (κ1) is 21.2. The minimum atomic E-state index is -0.341. The number of para-hydroxylation sites is 2. The fourth-order valence-corrected chi connectivity index (χ4v) is 2.42. The zero-order valence-corrected chi connectivity index (χ0v) is 15.9. The number of unbranched alkanes of at least 4 members (excludes halogenated alkanes) is 7. The summed E-state index contributed by atoms with van der Waals surface area (Å²) < 4.78 is 10.7. The van der Waals surface area contributed by atoms with Gasteiger partial charge >= 0.3 is 11.9 Å². The molecule has 0 heterocycles. The average Bonchev–Trinajstić information content (AvgIpc) is 2.58. The Morgan fingerprint density at radius 2 is 1.36 bits per heavy atom. The van der Waals surface area contributed by atoms with Crippen LogP contribution in [0.2, 0.25) is 0 Å².